The lowest BCUT2D eigenvalue weighted by Gasteiger charge is -2.32. The van der Waals surface area contributed by atoms with Crippen LogP contribution >= 0.6 is 11.3 Å². The highest BCUT2D eigenvalue weighted by molar-refractivity contribution is 7.10. The van der Waals surface area contributed by atoms with Crippen LogP contribution in [0.4, 0.5) is 4.39 Å². The van der Waals surface area contributed by atoms with Crippen molar-refractivity contribution in [2.24, 2.45) is 0 Å². The van der Waals surface area contributed by atoms with E-state index in [4.69, 9.17) is 4.42 Å². The quantitative estimate of drug-likeness (QED) is 0.545. The predicted octanol–water partition coefficient (Wildman–Crippen LogP) is 4.85. The van der Waals surface area contributed by atoms with Gasteiger partial charge >= 0.3 is 0 Å². The van der Waals surface area contributed by atoms with Crippen LogP contribution in [0.25, 0.3) is 0 Å². The highest BCUT2D eigenvalue weighted by atomic mass is 32.1. The van der Waals surface area contributed by atoms with Gasteiger partial charge in [-0.05, 0) is 42.5 Å². The summed E-state index contributed by atoms with van der Waals surface area (Å²) in [6.45, 7) is 0.0777. The number of nitrogens with zero attached hydrogens (tertiary/aromatic N) is 1. The molecule has 1 atom stereocenters. The summed E-state index contributed by atoms with van der Waals surface area (Å²) in [5.74, 6) is -0.589. The summed E-state index contributed by atoms with van der Waals surface area (Å²) < 4.78 is 20.3. The molecule has 7 heteroatoms. The summed E-state index contributed by atoms with van der Waals surface area (Å²) in [5.41, 5.74) is 0.184. The van der Waals surface area contributed by atoms with Crippen LogP contribution in [0.5, 0.6) is 0 Å². The fourth-order valence-corrected chi connectivity index (χ4v) is 4.75. The van der Waals surface area contributed by atoms with E-state index < -0.39 is 11.9 Å². The Morgan fingerprint density at radius 3 is 2.61 bits per heavy atom. The average molecular weight is 441 g/mol. The molecule has 0 bridgehead atoms. The van der Waals surface area contributed by atoms with E-state index in [2.05, 4.69) is 5.32 Å². The second kappa shape index (κ2) is 9.92. The molecule has 3 aromatic rings. The van der Waals surface area contributed by atoms with E-state index in [1.807, 2.05) is 17.5 Å². The Morgan fingerprint density at radius 1 is 1.13 bits per heavy atom. The minimum atomic E-state index is -1.08. The molecule has 0 radical (unpaired) electrons. The minimum Gasteiger partial charge on any atom is -0.467 e. The number of furan rings is 1. The van der Waals surface area contributed by atoms with Crippen LogP contribution < -0.4 is 5.32 Å². The number of hydrogen-bond acceptors (Lipinski definition) is 4. The monoisotopic (exact) mass is 440 g/mol. The first-order valence-electron chi connectivity index (χ1n) is 10.5. The second-order valence-corrected chi connectivity index (χ2v) is 8.80. The van der Waals surface area contributed by atoms with Crippen molar-refractivity contribution < 1.29 is 18.4 Å². The van der Waals surface area contributed by atoms with E-state index >= 15 is 0 Å². The standard InChI is InChI=1S/C24H25FN2O3S/c25-21-12-4-3-11-20(21)23(24(29)26-17-7-1-2-8-17)27(16-18-9-5-13-30-18)22(28)15-19-10-6-14-31-19/h3-6,9-14,17,23H,1-2,7-8,15-16H2,(H,26,29)/t23-/m0/s1. The normalized spacial score (nSPS) is 15.0. The van der Waals surface area contributed by atoms with Crippen LogP contribution in [0.1, 0.15) is 47.9 Å². The fraction of sp³-hybridized carbons (Fsp3) is 0.333. The van der Waals surface area contributed by atoms with E-state index in [-0.39, 0.29) is 36.4 Å². The summed E-state index contributed by atoms with van der Waals surface area (Å²) >= 11 is 1.48. The average Bonchev–Trinajstić information content (AvgIpc) is 3.53. The van der Waals surface area contributed by atoms with Crippen LogP contribution in [-0.2, 0) is 22.6 Å². The number of thiophene rings is 1. The number of nitrogens with one attached hydrogen (secondary N) is 1. The van der Waals surface area contributed by atoms with E-state index in [1.54, 1.807) is 30.3 Å². The van der Waals surface area contributed by atoms with Gasteiger partial charge in [-0.15, -0.1) is 11.3 Å². The first-order valence-corrected chi connectivity index (χ1v) is 11.4. The molecule has 1 saturated carbocycles. The Bertz CT molecular complexity index is 998. The van der Waals surface area contributed by atoms with Crippen molar-refractivity contribution in [3.63, 3.8) is 0 Å². The summed E-state index contributed by atoms with van der Waals surface area (Å²) in [5, 5.41) is 4.95. The maximum absolute atomic E-state index is 14.9. The number of carbonyl (C=O) groups excluding carboxylic acids is 2. The van der Waals surface area contributed by atoms with Crippen molar-refractivity contribution in [1.82, 2.24) is 10.2 Å². The van der Waals surface area contributed by atoms with Crippen molar-refractivity contribution in [1.29, 1.82) is 0 Å². The number of carbonyl (C=O) groups is 2. The zero-order valence-corrected chi connectivity index (χ0v) is 17.9. The molecular formula is C24H25FN2O3S. The van der Waals surface area contributed by atoms with Crippen LogP contribution in [0, 0.1) is 5.82 Å². The number of halogens is 1. The highest BCUT2D eigenvalue weighted by Gasteiger charge is 2.35. The van der Waals surface area contributed by atoms with Crippen molar-refractivity contribution in [3.05, 3.63) is 82.2 Å². The molecule has 2 amide bonds. The Morgan fingerprint density at radius 2 is 1.94 bits per heavy atom. The Kier molecular flexibility index (Phi) is 6.82. The van der Waals surface area contributed by atoms with Crippen LogP contribution in [0.2, 0.25) is 0 Å². The number of hydrogen-bond donors (Lipinski definition) is 1. The van der Waals surface area contributed by atoms with E-state index in [9.17, 15) is 14.0 Å². The van der Waals surface area contributed by atoms with Crippen molar-refractivity contribution >= 4 is 23.2 Å². The van der Waals surface area contributed by atoms with Crippen LogP contribution in [-0.4, -0.2) is 22.8 Å². The van der Waals surface area contributed by atoms with Gasteiger partial charge in [0.05, 0.1) is 19.2 Å². The van der Waals surface area contributed by atoms with Gasteiger partial charge in [-0.25, -0.2) is 4.39 Å². The third kappa shape index (κ3) is 5.22. The molecule has 0 saturated heterocycles. The second-order valence-electron chi connectivity index (χ2n) is 7.77. The molecule has 1 aliphatic rings. The van der Waals surface area contributed by atoms with Gasteiger partial charge in [0, 0.05) is 16.5 Å². The molecule has 162 valence electrons. The maximum Gasteiger partial charge on any atom is 0.247 e. The van der Waals surface area contributed by atoms with E-state index in [1.165, 1.54) is 28.6 Å². The third-order valence-electron chi connectivity index (χ3n) is 5.59. The molecule has 1 fully saturated rings. The first kappa shape index (κ1) is 21.3. The van der Waals surface area contributed by atoms with Gasteiger partial charge in [-0.3, -0.25) is 9.59 Å². The zero-order chi connectivity index (χ0) is 21.6. The molecular weight excluding hydrogens is 415 g/mol. The smallest absolute Gasteiger partial charge is 0.247 e. The van der Waals surface area contributed by atoms with Gasteiger partial charge in [0.1, 0.15) is 17.6 Å². The third-order valence-corrected chi connectivity index (χ3v) is 6.47. The van der Waals surface area contributed by atoms with Gasteiger partial charge in [0.15, 0.2) is 0 Å². The van der Waals surface area contributed by atoms with Crippen LogP contribution in [0.15, 0.2) is 64.6 Å². The van der Waals surface area contributed by atoms with E-state index in [0.717, 1.165) is 30.6 Å². The summed E-state index contributed by atoms with van der Waals surface area (Å²) in [6, 6.07) is 12.4. The highest BCUT2D eigenvalue weighted by Crippen LogP contribution is 2.28. The first-order chi connectivity index (χ1) is 15.1. The molecule has 1 N–H and O–H groups in total. The summed E-state index contributed by atoms with van der Waals surface area (Å²) in [7, 11) is 0. The largest absolute Gasteiger partial charge is 0.467 e. The van der Waals surface area contributed by atoms with Gasteiger partial charge in [-0.2, -0.15) is 0 Å². The lowest BCUT2D eigenvalue weighted by molar-refractivity contribution is -0.141. The molecule has 1 aliphatic carbocycles. The molecule has 0 spiro atoms. The number of benzene rings is 1. The van der Waals surface area contributed by atoms with Gasteiger partial charge in [0.25, 0.3) is 0 Å². The maximum atomic E-state index is 14.9. The predicted molar refractivity (Wildman–Crippen MR) is 117 cm³/mol. The topological polar surface area (TPSA) is 62.6 Å². The summed E-state index contributed by atoms with van der Waals surface area (Å²) in [4.78, 5) is 29.1. The van der Waals surface area contributed by atoms with Gasteiger partial charge in [-0.1, -0.05) is 37.1 Å². The molecule has 4 rings (SSSR count). The minimum absolute atomic E-state index is 0.0552. The molecule has 2 aromatic heterocycles. The Labute approximate surface area is 184 Å². The van der Waals surface area contributed by atoms with Crippen molar-refractivity contribution in [2.45, 2.75) is 50.7 Å². The molecule has 2 heterocycles. The summed E-state index contributed by atoms with van der Waals surface area (Å²) in [6.07, 6.45) is 5.58. The van der Waals surface area contributed by atoms with Gasteiger partial charge < -0.3 is 14.6 Å². The molecule has 0 aliphatic heterocycles. The SMILES string of the molecule is O=C(NC1CCCC1)[C@H](c1ccccc1F)N(Cc1ccco1)C(=O)Cc1cccs1. The lowest BCUT2D eigenvalue weighted by atomic mass is 10.0. The van der Waals surface area contributed by atoms with Crippen molar-refractivity contribution in [2.75, 3.05) is 0 Å². The molecule has 0 unspecified atom stereocenters. The Balaban J connectivity index is 1.69. The van der Waals surface area contributed by atoms with Crippen LogP contribution in [0.3, 0.4) is 0 Å². The lowest BCUT2D eigenvalue weighted by Crippen LogP contribution is -2.46. The fourth-order valence-electron chi connectivity index (χ4n) is 4.06. The number of rotatable bonds is 8. The van der Waals surface area contributed by atoms with E-state index in [0.29, 0.717) is 5.76 Å². The zero-order valence-electron chi connectivity index (χ0n) is 17.1. The molecule has 5 nitrogen and oxygen atoms in total. The number of amides is 2. The Hall–Kier alpha value is -2.93. The van der Waals surface area contributed by atoms with Gasteiger partial charge in [0.2, 0.25) is 11.8 Å². The molecule has 31 heavy (non-hydrogen) atoms. The molecule has 1 aromatic carbocycles. The van der Waals surface area contributed by atoms with Crippen molar-refractivity contribution in [3.8, 4) is 0 Å².